The summed E-state index contributed by atoms with van der Waals surface area (Å²) in [5.74, 6) is -0.791. The molecular formula is C14H20N2O2S. The summed E-state index contributed by atoms with van der Waals surface area (Å²) < 4.78 is 0. The van der Waals surface area contributed by atoms with Gasteiger partial charge in [-0.05, 0) is 49.4 Å². The molecule has 3 heterocycles. The van der Waals surface area contributed by atoms with Gasteiger partial charge in [-0.2, -0.15) is 0 Å². The van der Waals surface area contributed by atoms with Gasteiger partial charge in [-0.1, -0.05) is 0 Å². The second kappa shape index (κ2) is 5.61. The summed E-state index contributed by atoms with van der Waals surface area (Å²) in [4.78, 5) is 16.6. The highest BCUT2D eigenvalue weighted by atomic mass is 32.1. The first kappa shape index (κ1) is 13.1. The van der Waals surface area contributed by atoms with E-state index in [1.54, 1.807) is 0 Å². The second-order valence-corrected chi connectivity index (χ2v) is 6.42. The van der Waals surface area contributed by atoms with Crippen molar-refractivity contribution in [2.45, 2.75) is 31.8 Å². The first-order valence-electron chi connectivity index (χ1n) is 7.00. The number of hydrogen-bond donors (Lipinski definition) is 1. The first-order valence-corrected chi connectivity index (χ1v) is 7.88. The summed E-state index contributed by atoms with van der Waals surface area (Å²) in [7, 11) is 0. The molecule has 2 saturated heterocycles. The highest BCUT2D eigenvalue weighted by Gasteiger charge is 2.29. The van der Waals surface area contributed by atoms with Gasteiger partial charge in [0, 0.05) is 25.7 Å². The van der Waals surface area contributed by atoms with Crippen LogP contribution in [0.2, 0.25) is 0 Å². The van der Waals surface area contributed by atoms with E-state index in [0.29, 0.717) is 10.9 Å². The van der Waals surface area contributed by atoms with Crippen LogP contribution >= 0.6 is 11.3 Å². The molecule has 2 aliphatic heterocycles. The maximum Gasteiger partial charge on any atom is 0.346 e. The fourth-order valence-electron chi connectivity index (χ4n) is 3.25. The van der Waals surface area contributed by atoms with Crippen molar-refractivity contribution in [2.24, 2.45) is 0 Å². The van der Waals surface area contributed by atoms with Crippen molar-refractivity contribution in [2.75, 3.05) is 26.2 Å². The Kier molecular flexibility index (Phi) is 3.86. The van der Waals surface area contributed by atoms with Crippen LogP contribution in [0.3, 0.4) is 0 Å². The average molecular weight is 280 g/mol. The van der Waals surface area contributed by atoms with Crippen molar-refractivity contribution in [3.05, 3.63) is 21.9 Å². The summed E-state index contributed by atoms with van der Waals surface area (Å²) in [6.45, 7) is 5.47. The van der Waals surface area contributed by atoms with Gasteiger partial charge in [0.25, 0.3) is 0 Å². The van der Waals surface area contributed by atoms with Crippen molar-refractivity contribution in [3.63, 3.8) is 0 Å². The SMILES string of the molecule is O=C(O)c1sccc1CN1CCC(N2CCCC2)C1. The standard InChI is InChI=1S/C14H20N2O2S/c17-14(18)13-11(4-8-19-13)9-15-7-3-12(10-15)16-5-1-2-6-16/h4,8,12H,1-3,5-7,9-10H2,(H,17,18). The predicted octanol–water partition coefficient (Wildman–Crippen LogP) is 2.12. The number of carboxylic acids is 1. The molecule has 4 nitrogen and oxygen atoms in total. The maximum absolute atomic E-state index is 11.1. The van der Waals surface area contributed by atoms with Crippen LogP contribution in [0.1, 0.15) is 34.5 Å². The van der Waals surface area contributed by atoms with Crippen LogP contribution in [-0.2, 0) is 6.54 Å². The molecule has 2 aliphatic rings. The molecule has 104 valence electrons. The van der Waals surface area contributed by atoms with Crippen molar-refractivity contribution in [3.8, 4) is 0 Å². The monoisotopic (exact) mass is 280 g/mol. The van der Waals surface area contributed by atoms with Crippen LogP contribution in [0.15, 0.2) is 11.4 Å². The average Bonchev–Trinajstić information content (AvgIpc) is 3.09. The summed E-state index contributed by atoms with van der Waals surface area (Å²) in [6, 6.07) is 2.64. The third-order valence-electron chi connectivity index (χ3n) is 4.24. The second-order valence-electron chi connectivity index (χ2n) is 5.50. The Labute approximate surface area is 117 Å². The zero-order valence-corrected chi connectivity index (χ0v) is 11.9. The number of carboxylic acid groups (broad SMARTS) is 1. The van der Waals surface area contributed by atoms with Gasteiger partial charge in [0.05, 0.1) is 0 Å². The summed E-state index contributed by atoms with van der Waals surface area (Å²) in [5.41, 5.74) is 0.972. The minimum Gasteiger partial charge on any atom is -0.477 e. The number of hydrogen-bond acceptors (Lipinski definition) is 4. The molecule has 0 bridgehead atoms. The molecule has 3 rings (SSSR count). The smallest absolute Gasteiger partial charge is 0.346 e. The number of thiophene rings is 1. The van der Waals surface area contributed by atoms with E-state index in [0.717, 1.165) is 25.2 Å². The molecule has 19 heavy (non-hydrogen) atoms. The Morgan fingerprint density at radius 2 is 2.16 bits per heavy atom. The molecule has 0 saturated carbocycles. The highest BCUT2D eigenvalue weighted by molar-refractivity contribution is 7.12. The third kappa shape index (κ3) is 2.83. The van der Waals surface area contributed by atoms with Crippen molar-refractivity contribution >= 4 is 17.3 Å². The number of nitrogens with zero attached hydrogens (tertiary/aromatic N) is 2. The Balaban J connectivity index is 1.59. The van der Waals surface area contributed by atoms with Gasteiger partial charge in [0.2, 0.25) is 0 Å². The Morgan fingerprint density at radius 3 is 2.89 bits per heavy atom. The van der Waals surface area contributed by atoms with E-state index in [2.05, 4.69) is 9.80 Å². The van der Waals surface area contributed by atoms with Gasteiger partial charge in [0.1, 0.15) is 4.88 Å². The Hall–Kier alpha value is -0.910. The van der Waals surface area contributed by atoms with Gasteiger partial charge in [-0.15, -0.1) is 11.3 Å². The van der Waals surface area contributed by atoms with E-state index in [4.69, 9.17) is 5.11 Å². The molecular weight excluding hydrogens is 260 g/mol. The van der Waals surface area contributed by atoms with Gasteiger partial charge in [0.15, 0.2) is 0 Å². The van der Waals surface area contributed by atoms with E-state index in [9.17, 15) is 4.79 Å². The normalized spacial score (nSPS) is 25.2. The quantitative estimate of drug-likeness (QED) is 0.917. The molecule has 1 aromatic heterocycles. The summed E-state index contributed by atoms with van der Waals surface area (Å²) >= 11 is 1.33. The number of carbonyl (C=O) groups is 1. The molecule has 0 amide bonds. The molecule has 0 aliphatic carbocycles. The van der Waals surface area contributed by atoms with Gasteiger partial charge >= 0.3 is 5.97 Å². The van der Waals surface area contributed by atoms with E-state index >= 15 is 0 Å². The summed E-state index contributed by atoms with van der Waals surface area (Å²) in [5, 5.41) is 11.0. The lowest BCUT2D eigenvalue weighted by atomic mass is 10.2. The van der Waals surface area contributed by atoms with E-state index in [1.165, 1.54) is 43.7 Å². The molecule has 1 atom stereocenters. The molecule has 1 aromatic rings. The van der Waals surface area contributed by atoms with Gasteiger partial charge < -0.3 is 5.11 Å². The minimum atomic E-state index is -0.791. The molecule has 1 unspecified atom stereocenters. The summed E-state index contributed by atoms with van der Waals surface area (Å²) in [6.07, 6.45) is 3.90. The van der Waals surface area contributed by atoms with Gasteiger partial charge in [-0.3, -0.25) is 9.80 Å². The minimum absolute atomic E-state index is 0.504. The van der Waals surface area contributed by atoms with Crippen molar-refractivity contribution in [1.82, 2.24) is 9.80 Å². The maximum atomic E-state index is 11.1. The first-order chi connectivity index (χ1) is 9.24. The van der Waals surface area contributed by atoms with Crippen LogP contribution in [0.5, 0.6) is 0 Å². The van der Waals surface area contributed by atoms with Crippen LogP contribution in [0.25, 0.3) is 0 Å². The number of aromatic carboxylic acids is 1. The molecule has 5 heteroatoms. The largest absolute Gasteiger partial charge is 0.477 e. The van der Waals surface area contributed by atoms with E-state index in [-0.39, 0.29) is 0 Å². The lowest BCUT2D eigenvalue weighted by Gasteiger charge is -2.23. The highest BCUT2D eigenvalue weighted by Crippen LogP contribution is 2.24. The Morgan fingerprint density at radius 1 is 1.37 bits per heavy atom. The van der Waals surface area contributed by atoms with Crippen LogP contribution < -0.4 is 0 Å². The number of rotatable bonds is 4. The molecule has 0 radical (unpaired) electrons. The molecule has 1 N–H and O–H groups in total. The topological polar surface area (TPSA) is 43.8 Å². The van der Waals surface area contributed by atoms with Crippen LogP contribution in [0, 0.1) is 0 Å². The zero-order valence-electron chi connectivity index (χ0n) is 11.0. The fourth-order valence-corrected chi connectivity index (χ4v) is 4.00. The lowest BCUT2D eigenvalue weighted by Crippen LogP contribution is -2.35. The lowest BCUT2D eigenvalue weighted by molar-refractivity contribution is 0.0700. The van der Waals surface area contributed by atoms with E-state index in [1.807, 2.05) is 11.4 Å². The van der Waals surface area contributed by atoms with E-state index < -0.39 is 5.97 Å². The van der Waals surface area contributed by atoms with Gasteiger partial charge in [-0.25, -0.2) is 4.79 Å². The molecule has 2 fully saturated rings. The molecule has 0 spiro atoms. The predicted molar refractivity (Wildman–Crippen MR) is 75.8 cm³/mol. The van der Waals surface area contributed by atoms with Crippen molar-refractivity contribution in [1.29, 1.82) is 0 Å². The Bertz CT molecular complexity index is 454. The van der Waals surface area contributed by atoms with Crippen LogP contribution in [-0.4, -0.2) is 53.1 Å². The van der Waals surface area contributed by atoms with Crippen LogP contribution in [0.4, 0.5) is 0 Å². The zero-order chi connectivity index (χ0) is 13.2. The molecule has 0 aromatic carbocycles. The third-order valence-corrected chi connectivity index (χ3v) is 5.18. The fraction of sp³-hybridized carbons (Fsp3) is 0.643. The van der Waals surface area contributed by atoms with Crippen molar-refractivity contribution < 1.29 is 9.90 Å². The number of likely N-dealkylation sites (tertiary alicyclic amines) is 2.